The van der Waals surface area contributed by atoms with E-state index in [-0.39, 0.29) is 12.2 Å². The zero-order valence-corrected chi connectivity index (χ0v) is 11.7. The minimum atomic E-state index is -0.550. The first kappa shape index (κ1) is 15.1. The molecule has 2 aromatic rings. The maximum Gasteiger partial charge on any atom is 0.338 e. The molecule has 1 aromatic heterocycles. The highest BCUT2D eigenvalue weighted by Gasteiger charge is 2.16. The fraction of sp³-hybridized carbons (Fsp3) is 0.267. The molecule has 0 N–H and O–H groups in total. The normalized spacial score (nSPS) is 12.0. The van der Waals surface area contributed by atoms with E-state index in [1.807, 2.05) is 0 Å². The molecule has 0 fully saturated rings. The molecule has 0 unspecified atom stereocenters. The average Bonchev–Trinajstić information content (AvgIpc) is 2.50. The Labute approximate surface area is 121 Å². The summed E-state index contributed by atoms with van der Waals surface area (Å²) in [5.74, 6) is -0.971. The number of rotatable bonds is 5. The fourth-order valence-electron chi connectivity index (χ4n) is 1.78. The van der Waals surface area contributed by atoms with Crippen LogP contribution in [0, 0.1) is 5.82 Å². The maximum atomic E-state index is 13.5. The topological polar surface area (TPSA) is 61.3 Å². The number of halogens is 1. The molecule has 0 saturated carbocycles. The van der Waals surface area contributed by atoms with Gasteiger partial charge in [-0.1, -0.05) is 0 Å². The number of benzene rings is 1. The molecule has 0 aliphatic rings. The summed E-state index contributed by atoms with van der Waals surface area (Å²) in [5, 5.41) is 0. The minimum absolute atomic E-state index is 0.0899. The Kier molecular flexibility index (Phi) is 4.94. The first-order valence-corrected chi connectivity index (χ1v) is 6.36. The summed E-state index contributed by atoms with van der Waals surface area (Å²) in [4.78, 5) is 20.0. The monoisotopic (exact) mass is 290 g/mol. The number of carbonyl (C=O) groups excluding carboxylic acids is 1. The van der Waals surface area contributed by atoms with Crippen LogP contribution in [0.1, 0.15) is 34.6 Å². The van der Waals surface area contributed by atoms with E-state index >= 15 is 0 Å². The molecule has 1 atom stereocenters. The summed E-state index contributed by atoms with van der Waals surface area (Å²) in [6.07, 6.45) is 4.05. The quantitative estimate of drug-likeness (QED) is 0.792. The van der Waals surface area contributed by atoms with Crippen LogP contribution in [0.25, 0.3) is 0 Å². The summed E-state index contributed by atoms with van der Waals surface area (Å²) < 4.78 is 23.7. The van der Waals surface area contributed by atoms with E-state index in [2.05, 4.69) is 9.97 Å². The van der Waals surface area contributed by atoms with Crippen molar-refractivity contribution in [1.82, 2.24) is 9.97 Å². The van der Waals surface area contributed by atoms with E-state index in [1.54, 1.807) is 6.92 Å². The number of ether oxygens (including phenoxy) is 2. The standard InChI is InChI=1S/C15H15FN2O3/c1-10(14-8-17-5-6-18-14)21-15(19)11-3-4-13(16)12(7-11)9-20-2/h3-8,10H,9H2,1-2H3/t10-/m1/s1. The van der Waals surface area contributed by atoms with Crippen molar-refractivity contribution in [3.05, 3.63) is 59.4 Å². The summed E-state index contributed by atoms with van der Waals surface area (Å²) in [5.41, 5.74) is 1.11. The second kappa shape index (κ2) is 6.90. The summed E-state index contributed by atoms with van der Waals surface area (Å²) in [6, 6.07) is 4.02. The molecule has 0 aliphatic carbocycles. The van der Waals surface area contributed by atoms with Crippen molar-refractivity contribution in [2.24, 2.45) is 0 Å². The van der Waals surface area contributed by atoms with E-state index in [1.165, 1.54) is 43.9 Å². The Morgan fingerprint density at radius 2 is 2.19 bits per heavy atom. The van der Waals surface area contributed by atoms with Crippen LogP contribution < -0.4 is 0 Å². The second-order valence-corrected chi connectivity index (χ2v) is 4.42. The van der Waals surface area contributed by atoms with Crippen LogP contribution in [-0.2, 0) is 16.1 Å². The summed E-state index contributed by atoms with van der Waals surface area (Å²) >= 11 is 0. The molecule has 21 heavy (non-hydrogen) atoms. The molecule has 0 aliphatic heterocycles. The highest BCUT2D eigenvalue weighted by Crippen LogP contribution is 2.17. The van der Waals surface area contributed by atoms with Crippen molar-refractivity contribution >= 4 is 5.97 Å². The van der Waals surface area contributed by atoms with Gasteiger partial charge < -0.3 is 9.47 Å². The van der Waals surface area contributed by atoms with Gasteiger partial charge in [-0.05, 0) is 25.1 Å². The molecular weight excluding hydrogens is 275 g/mol. The Bertz CT molecular complexity index is 620. The minimum Gasteiger partial charge on any atom is -0.452 e. The van der Waals surface area contributed by atoms with Crippen molar-refractivity contribution in [2.45, 2.75) is 19.6 Å². The van der Waals surface area contributed by atoms with E-state index in [9.17, 15) is 9.18 Å². The van der Waals surface area contributed by atoms with Gasteiger partial charge in [0.15, 0.2) is 0 Å². The lowest BCUT2D eigenvalue weighted by Gasteiger charge is -2.13. The SMILES string of the molecule is COCc1cc(C(=O)O[C@H](C)c2cnccn2)ccc1F. The van der Waals surface area contributed by atoms with Gasteiger partial charge in [0.1, 0.15) is 11.9 Å². The Balaban J connectivity index is 2.11. The third-order valence-electron chi connectivity index (χ3n) is 2.86. The van der Waals surface area contributed by atoms with Crippen molar-refractivity contribution < 1.29 is 18.7 Å². The van der Waals surface area contributed by atoms with Crippen molar-refractivity contribution in [3.8, 4) is 0 Å². The van der Waals surface area contributed by atoms with E-state index in [0.29, 0.717) is 11.3 Å². The van der Waals surface area contributed by atoms with E-state index < -0.39 is 17.9 Å². The predicted octanol–water partition coefficient (Wildman–Crippen LogP) is 2.68. The van der Waals surface area contributed by atoms with Crippen LogP contribution in [-0.4, -0.2) is 23.0 Å². The molecule has 110 valence electrons. The average molecular weight is 290 g/mol. The van der Waals surface area contributed by atoms with Gasteiger partial charge in [-0.25, -0.2) is 9.18 Å². The maximum absolute atomic E-state index is 13.5. The van der Waals surface area contributed by atoms with Gasteiger partial charge in [0.25, 0.3) is 0 Å². The van der Waals surface area contributed by atoms with Crippen molar-refractivity contribution in [2.75, 3.05) is 7.11 Å². The number of aromatic nitrogens is 2. The smallest absolute Gasteiger partial charge is 0.338 e. The van der Waals surface area contributed by atoms with Crippen LogP contribution in [0.3, 0.4) is 0 Å². The van der Waals surface area contributed by atoms with Gasteiger partial charge in [-0.15, -0.1) is 0 Å². The Morgan fingerprint density at radius 3 is 2.86 bits per heavy atom. The first-order valence-electron chi connectivity index (χ1n) is 6.36. The van der Waals surface area contributed by atoms with Crippen LogP contribution in [0.5, 0.6) is 0 Å². The Hall–Kier alpha value is -2.34. The molecule has 0 spiro atoms. The van der Waals surface area contributed by atoms with Crippen molar-refractivity contribution in [3.63, 3.8) is 0 Å². The van der Waals surface area contributed by atoms with Crippen molar-refractivity contribution in [1.29, 1.82) is 0 Å². The zero-order valence-electron chi connectivity index (χ0n) is 11.7. The molecule has 0 bridgehead atoms. The molecule has 5 nitrogen and oxygen atoms in total. The molecule has 0 amide bonds. The Morgan fingerprint density at radius 1 is 1.38 bits per heavy atom. The molecule has 6 heteroatoms. The highest BCUT2D eigenvalue weighted by atomic mass is 19.1. The largest absolute Gasteiger partial charge is 0.452 e. The first-order chi connectivity index (χ1) is 10.1. The number of methoxy groups -OCH3 is 1. The van der Waals surface area contributed by atoms with Gasteiger partial charge >= 0.3 is 5.97 Å². The second-order valence-electron chi connectivity index (χ2n) is 4.42. The van der Waals surface area contributed by atoms with Gasteiger partial charge in [0.05, 0.1) is 24.1 Å². The van der Waals surface area contributed by atoms with E-state index in [0.717, 1.165) is 0 Å². The third-order valence-corrected chi connectivity index (χ3v) is 2.86. The van der Waals surface area contributed by atoms with Crippen LogP contribution >= 0.6 is 0 Å². The number of carbonyl (C=O) groups is 1. The molecule has 0 radical (unpaired) electrons. The molecule has 1 heterocycles. The molecule has 1 aromatic carbocycles. The molecule has 0 saturated heterocycles. The number of hydrogen-bond acceptors (Lipinski definition) is 5. The third kappa shape index (κ3) is 3.82. The molecule has 2 rings (SSSR count). The van der Waals surface area contributed by atoms with Gasteiger partial charge in [0.2, 0.25) is 0 Å². The van der Waals surface area contributed by atoms with E-state index in [4.69, 9.17) is 9.47 Å². The summed E-state index contributed by atoms with van der Waals surface area (Å²) in [7, 11) is 1.46. The van der Waals surface area contributed by atoms with Crippen LogP contribution in [0.15, 0.2) is 36.8 Å². The van der Waals surface area contributed by atoms with Gasteiger partial charge in [0, 0.05) is 25.1 Å². The van der Waals surface area contributed by atoms with Crippen LogP contribution in [0.2, 0.25) is 0 Å². The molecular formula is C15H15FN2O3. The summed E-state index contributed by atoms with van der Waals surface area (Å²) in [6.45, 7) is 1.79. The van der Waals surface area contributed by atoms with Gasteiger partial charge in [-0.2, -0.15) is 0 Å². The highest BCUT2D eigenvalue weighted by molar-refractivity contribution is 5.89. The lowest BCUT2D eigenvalue weighted by molar-refractivity contribution is 0.0328. The lowest BCUT2D eigenvalue weighted by Crippen LogP contribution is -2.11. The lowest BCUT2D eigenvalue weighted by atomic mass is 10.1. The zero-order chi connectivity index (χ0) is 15.2. The number of nitrogens with zero attached hydrogens (tertiary/aromatic N) is 2. The van der Waals surface area contributed by atoms with Gasteiger partial charge in [-0.3, -0.25) is 9.97 Å². The predicted molar refractivity (Wildman–Crippen MR) is 73.0 cm³/mol. The fourth-order valence-corrected chi connectivity index (χ4v) is 1.78. The number of hydrogen-bond donors (Lipinski definition) is 0. The number of esters is 1. The van der Waals surface area contributed by atoms with Crippen LogP contribution in [0.4, 0.5) is 4.39 Å².